The first-order chi connectivity index (χ1) is 11.0. The van der Waals surface area contributed by atoms with Crippen LogP contribution in [0.4, 0.5) is 5.69 Å². The Hall–Kier alpha value is -2.03. The number of carbonyl (C=O) groups excluding carboxylic acids is 1. The van der Waals surface area contributed by atoms with Gasteiger partial charge in [0.2, 0.25) is 5.91 Å². The van der Waals surface area contributed by atoms with Crippen molar-refractivity contribution in [2.45, 2.75) is 45.4 Å². The summed E-state index contributed by atoms with van der Waals surface area (Å²) in [6.07, 6.45) is 2.87. The zero-order chi connectivity index (χ0) is 16.6. The number of benzene rings is 1. The van der Waals surface area contributed by atoms with Crippen LogP contribution in [0.25, 0.3) is 0 Å². The van der Waals surface area contributed by atoms with E-state index in [1.807, 2.05) is 18.2 Å². The molecule has 0 unspecified atom stereocenters. The van der Waals surface area contributed by atoms with E-state index in [0.717, 1.165) is 37.1 Å². The van der Waals surface area contributed by atoms with E-state index in [4.69, 9.17) is 0 Å². The summed E-state index contributed by atoms with van der Waals surface area (Å²) < 4.78 is 0. The van der Waals surface area contributed by atoms with E-state index in [2.05, 4.69) is 44.1 Å². The van der Waals surface area contributed by atoms with Gasteiger partial charge >= 0.3 is 0 Å². The molecule has 1 spiro atoms. The van der Waals surface area contributed by atoms with Gasteiger partial charge in [0.25, 0.3) is 0 Å². The molecule has 1 aliphatic heterocycles. The fourth-order valence-corrected chi connectivity index (χ4v) is 4.14. The van der Waals surface area contributed by atoms with Gasteiger partial charge in [-0.3, -0.25) is 4.79 Å². The number of carbonyl (C=O) groups is 1. The second-order valence-corrected chi connectivity index (χ2v) is 6.97. The van der Waals surface area contributed by atoms with Crippen LogP contribution in [0.2, 0.25) is 0 Å². The van der Waals surface area contributed by atoms with Gasteiger partial charge in [0, 0.05) is 17.9 Å². The Kier molecular flexibility index (Phi) is 4.05. The number of anilines is 1. The highest BCUT2D eigenvalue weighted by Crippen LogP contribution is 2.53. The van der Waals surface area contributed by atoms with Crippen LogP contribution in [0.3, 0.4) is 0 Å². The second kappa shape index (κ2) is 5.88. The molecule has 3 nitrogen and oxygen atoms in total. The van der Waals surface area contributed by atoms with E-state index < -0.39 is 0 Å². The van der Waals surface area contributed by atoms with Crippen LogP contribution in [0.1, 0.15) is 45.6 Å². The average Bonchev–Trinajstić information content (AvgIpc) is 2.76. The van der Waals surface area contributed by atoms with E-state index in [-0.39, 0.29) is 11.3 Å². The van der Waals surface area contributed by atoms with Gasteiger partial charge in [0.1, 0.15) is 0 Å². The molecular weight excluding hydrogens is 284 g/mol. The van der Waals surface area contributed by atoms with Gasteiger partial charge < -0.3 is 10.6 Å². The summed E-state index contributed by atoms with van der Waals surface area (Å²) in [5.41, 5.74) is 5.56. The highest BCUT2D eigenvalue weighted by molar-refractivity contribution is 6.06. The normalized spacial score (nSPS) is 26.2. The Balaban J connectivity index is 1.64. The average molecular weight is 310 g/mol. The minimum Gasteiger partial charge on any atom is -0.388 e. The second-order valence-electron chi connectivity index (χ2n) is 6.97. The number of fused-ring (bicyclic) bond motifs is 2. The zero-order valence-corrected chi connectivity index (χ0v) is 14.3. The van der Waals surface area contributed by atoms with Crippen LogP contribution in [-0.4, -0.2) is 12.5 Å². The maximum absolute atomic E-state index is 12.4. The molecule has 122 valence electrons. The predicted octanol–water partition coefficient (Wildman–Crippen LogP) is 4.14. The monoisotopic (exact) mass is 310 g/mol. The summed E-state index contributed by atoms with van der Waals surface area (Å²) in [6.45, 7) is 11.3. The van der Waals surface area contributed by atoms with Crippen LogP contribution in [0, 0.1) is 5.92 Å². The molecule has 0 aromatic heterocycles. The molecule has 0 radical (unpaired) electrons. The minimum atomic E-state index is -0.275. The Morgan fingerprint density at radius 3 is 2.70 bits per heavy atom. The summed E-state index contributed by atoms with van der Waals surface area (Å²) in [4.78, 5) is 12.4. The maximum atomic E-state index is 12.4. The highest BCUT2D eigenvalue weighted by atomic mass is 16.2. The maximum Gasteiger partial charge on any atom is 0.235 e. The standard InChI is InChI=1S/C20H26N2O/c1-5-16(13(2)3)14(4)21-12-15-10-20(11-15)17-8-6-7-9-18(17)22-19(20)23/h6-9,15,21H,2,5,10-12H2,1,3-4H3,(H,22,23)/b16-14-. The summed E-state index contributed by atoms with van der Waals surface area (Å²) in [5.74, 6) is 0.725. The fraction of sp³-hybridized carbons (Fsp3) is 0.450. The van der Waals surface area contributed by atoms with Crippen molar-refractivity contribution in [1.29, 1.82) is 0 Å². The molecule has 2 N–H and O–H groups in total. The van der Waals surface area contributed by atoms with E-state index in [1.54, 1.807) is 0 Å². The number of nitrogens with one attached hydrogen (secondary N) is 2. The molecule has 0 saturated heterocycles. The quantitative estimate of drug-likeness (QED) is 0.803. The van der Waals surface area contributed by atoms with Crippen molar-refractivity contribution in [2.75, 3.05) is 11.9 Å². The van der Waals surface area contributed by atoms with Crippen LogP contribution >= 0.6 is 0 Å². The predicted molar refractivity (Wildman–Crippen MR) is 95.3 cm³/mol. The van der Waals surface area contributed by atoms with Gasteiger partial charge in [0.05, 0.1) is 5.41 Å². The molecule has 1 aliphatic carbocycles. The molecule has 3 heteroatoms. The molecule has 0 bridgehead atoms. The Labute approximate surface area is 138 Å². The lowest BCUT2D eigenvalue weighted by atomic mass is 9.59. The topological polar surface area (TPSA) is 41.1 Å². The minimum absolute atomic E-state index is 0.179. The molecule has 1 fully saturated rings. The van der Waals surface area contributed by atoms with Crippen molar-refractivity contribution < 1.29 is 4.79 Å². The largest absolute Gasteiger partial charge is 0.388 e. The van der Waals surface area contributed by atoms with Crippen LogP contribution in [0.5, 0.6) is 0 Å². The molecule has 0 atom stereocenters. The Bertz CT molecular complexity index is 681. The molecule has 1 amide bonds. The number of allylic oxidation sites excluding steroid dienone is 3. The molecule has 2 aliphatic rings. The summed E-state index contributed by atoms with van der Waals surface area (Å²) in [7, 11) is 0. The molecule has 1 saturated carbocycles. The number of hydrogen-bond donors (Lipinski definition) is 2. The summed E-state index contributed by atoms with van der Waals surface area (Å²) >= 11 is 0. The van der Waals surface area contributed by atoms with Crippen LogP contribution in [0.15, 0.2) is 47.7 Å². The lowest BCUT2D eigenvalue weighted by Gasteiger charge is -2.44. The van der Waals surface area contributed by atoms with Crippen molar-refractivity contribution in [3.8, 4) is 0 Å². The van der Waals surface area contributed by atoms with E-state index in [9.17, 15) is 4.79 Å². The van der Waals surface area contributed by atoms with Gasteiger partial charge in [-0.15, -0.1) is 0 Å². The van der Waals surface area contributed by atoms with Crippen molar-refractivity contribution in [3.63, 3.8) is 0 Å². The van der Waals surface area contributed by atoms with E-state index >= 15 is 0 Å². The third-order valence-electron chi connectivity index (χ3n) is 5.38. The lowest BCUT2D eigenvalue weighted by Crippen LogP contribution is -2.49. The van der Waals surface area contributed by atoms with Crippen LogP contribution < -0.4 is 10.6 Å². The fourth-order valence-electron chi connectivity index (χ4n) is 4.14. The Morgan fingerprint density at radius 2 is 2.04 bits per heavy atom. The van der Waals surface area contributed by atoms with Gasteiger partial charge in [0.15, 0.2) is 0 Å². The van der Waals surface area contributed by atoms with Crippen molar-refractivity contribution in [2.24, 2.45) is 5.92 Å². The first kappa shape index (κ1) is 15.9. The van der Waals surface area contributed by atoms with Crippen LogP contribution in [-0.2, 0) is 10.2 Å². The van der Waals surface area contributed by atoms with Gasteiger partial charge in [-0.1, -0.05) is 37.3 Å². The summed E-state index contributed by atoms with van der Waals surface area (Å²) in [6, 6.07) is 8.10. The third kappa shape index (κ3) is 2.58. The first-order valence-electron chi connectivity index (χ1n) is 8.48. The highest BCUT2D eigenvalue weighted by Gasteiger charge is 2.55. The number of para-hydroxylation sites is 1. The zero-order valence-electron chi connectivity index (χ0n) is 14.3. The molecule has 3 rings (SSSR count). The van der Waals surface area contributed by atoms with Gasteiger partial charge in [-0.2, -0.15) is 0 Å². The molecule has 1 aromatic rings. The smallest absolute Gasteiger partial charge is 0.235 e. The van der Waals surface area contributed by atoms with Crippen molar-refractivity contribution in [3.05, 3.63) is 53.3 Å². The van der Waals surface area contributed by atoms with E-state index in [1.165, 1.54) is 16.8 Å². The number of amides is 1. The molecule has 23 heavy (non-hydrogen) atoms. The number of rotatable bonds is 5. The van der Waals surface area contributed by atoms with Gasteiger partial charge in [-0.25, -0.2) is 0 Å². The van der Waals surface area contributed by atoms with Crippen molar-refractivity contribution >= 4 is 11.6 Å². The van der Waals surface area contributed by atoms with Crippen molar-refractivity contribution in [1.82, 2.24) is 5.32 Å². The third-order valence-corrected chi connectivity index (χ3v) is 5.38. The van der Waals surface area contributed by atoms with Gasteiger partial charge in [-0.05, 0) is 56.2 Å². The van der Waals surface area contributed by atoms with E-state index in [0.29, 0.717) is 5.92 Å². The first-order valence-corrected chi connectivity index (χ1v) is 8.48. The lowest BCUT2D eigenvalue weighted by molar-refractivity contribution is -0.125. The molecule has 1 aromatic carbocycles. The SMILES string of the molecule is C=C(C)/C(CC)=C(/C)NCC1CC2(C1)C(=O)Nc1ccccc12. The Morgan fingerprint density at radius 1 is 1.35 bits per heavy atom. The number of hydrogen-bond acceptors (Lipinski definition) is 2. The molecule has 1 heterocycles. The molecular formula is C20H26N2O. The summed E-state index contributed by atoms with van der Waals surface area (Å²) in [5, 5.41) is 6.59.